The molecule has 0 heterocycles. The van der Waals surface area contributed by atoms with Gasteiger partial charge < -0.3 is 59.8 Å². The molecule has 0 spiro atoms. The van der Waals surface area contributed by atoms with Crippen LogP contribution in [0, 0.1) is 5.92 Å². The van der Waals surface area contributed by atoms with E-state index in [0.717, 1.165) is 32.1 Å². The van der Waals surface area contributed by atoms with Gasteiger partial charge in [-0.1, -0.05) is 44.8 Å². The number of nitrogens with zero attached hydrogens (tertiary/aromatic N) is 2. The highest BCUT2D eigenvalue weighted by molar-refractivity contribution is 5.95. The second kappa shape index (κ2) is 24.9. The van der Waals surface area contributed by atoms with Crippen molar-refractivity contribution in [1.29, 1.82) is 0 Å². The molecule has 0 radical (unpaired) electrons. The van der Waals surface area contributed by atoms with Crippen LogP contribution in [0.25, 0.3) is 0 Å². The third-order valence-electron chi connectivity index (χ3n) is 8.20. The minimum atomic E-state index is -1.42. The first kappa shape index (κ1) is 43.9. The third-order valence-corrected chi connectivity index (χ3v) is 8.20. The average molecular weight is 724 g/mol. The number of guanidine groups is 2. The Bertz CT molecular complexity index is 1220. The van der Waals surface area contributed by atoms with Crippen LogP contribution in [0.3, 0.4) is 0 Å². The van der Waals surface area contributed by atoms with E-state index in [2.05, 4.69) is 37.8 Å². The number of alkyl carbamates (subject to hydrolysis) is 1. The maximum Gasteiger partial charge on any atom is 0.408 e. The molecule has 0 aromatic rings. The Morgan fingerprint density at radius 1 is 0.706 bits per heavy atom. The minimum absolute atomic E-state index is 0.0958. The molecule has 0 aromatic heterocycles. The molecule has 1 fully saturated rings. The van der Waals surface area contributed by atoms with Gasteiger partial charge in [-0.3, -0.25) is 34.0 Å². The smallest absolute Gasteiger partial charge is 0.408 e. The van der Waals surface area contributed by atoms with Crippen LogP contribution in [-0.2, 0) is 28.7 Å². The molecule has 0 bridgehead atoms. The highest BCUT2D eigenvalue weighted by Gasteiger charge is 2.32. The summed E-state index contributed by atoms with van der Waals surface area (Å²) < 4.78 is 4.95. The number of unbranched alkanes of at least 4 members (excludes halogenated alkanes) is 2. The number of hydrogen-bond donors (Lipinski definition) is 10. The Hall–Kier alpha value is -5.10. The monoisotopic (exact) mass is 723 g/mol. The van der Waals surface area contributed by atoms with Crippen LogP contribution in [0.4, 0.5) is 4.79 Å². The van der Waals surface area contributed by atoms with Crippen molar-refractivity contribution in [1.82, 2.24) is 21.3 Å². The average Bonchev–Trinajstić information content (AvgIpc) is 3.07. The lowest BCUT2D eigenvalue weighted by Gasteiger charge is -2.28. The Morgan fingerprint density at radius 3 is 1.63 bits per heavy atom. The number of hydrogen-bond acceptors (Lipinski definition) is 9. The van der Waals surface area contributed by atoms with Gasteiger partial charge in [0.15, 0.2) is 11.9 Å². The molecule has 288 valence electrons. The SMILES string of the molecule is C=CCOC(=O)N[C@@H](CCCCN=C(N)N)C(=O)N[C@@H](CCC(=O)O)C(=O)N[C@@H](CCCCN=C(N)N)C(=O)N[C@@H](CC1CCCCC1)C(N)=O. The maximum absolute atomic E-state index is 13.7. The molecular formula is C32H57N11O8. The number of carbonyl (C=O) groups is 6. The zero-order valence-corrected chi connectivity index (χ0v) is 29.3. The van der Waals surface area contributed by atoms with Gasteiger partial charge in [0, 0.05) is 19.5 Å². The van der Waals surface area contributed by atoms with Crippen molar-refractivity contribution in [3.8, 4) is 0 Å². The van der Waals surface area contributed by atoms with E-state index < -0.39 is 66.3 Å². The molecule has 5 amide bonds. The number of carboxylic acids is 1. The summed E-state index contributed by atoms with van der Waals surface area (Å²) in [5, 5.41) is 19.6. The summed E-state index contributed by atoms with van der Waals surface area (Å²) in [6.07, 6.45) is 6.78. The molecule has 1 aliphatic carbocycles. The second-order valence-corrected chi connectivity index (χ2v) is 12.4. The minimum Gasteiger partial charge on any atom is -0.481 e. The van der Waals surface area contributed by atoms with Gasteiger partial charge >= 0.3 is 12.1 Å². The Morgan fingerprint density at radius 2 is 1.18 bits per heavy atom. The molecule has 0 saturated heterocycles. The van der Waals surface area contributed by atoms with Gasteiger partial charge in [0.2, 0.25) is 23.6 Å². The van der Waals surface area contributed by atoms with Gasteiger partial charge in [0.1, 0.15) is 30.8 Å². The molecular weight excluding hydrogens is 666 g/mol. The quantitative estimate of drug-likeness (QED) is 0.0233. The molecule has 51 heavy (non-hydrogen) atoms. The Balaban J connectivity index is 3.19. The summed E-state index contributed by atoms with van der Waals surface area (Å²) in [7, 11) is 0. The van der Waals surface area contributed by atoms with E-state index >= 15 is 0 Å². The van der Waals surface area contributed by atoms with Crippen molar-refractivity contribution in [3.05, 3.63) is 12.7 Å². The third kappa shape index (κ3) is 20.2. The van der Waals surface area contributed by atoms with Crippen LogP contribution in [0.5, 0.6) is 0 Å². The Kier molecular flexibility index (Phi) is 21.5. The fourth-order valence-corrected chi connectivity index (χ4v) is 5.55. The summed E-state index contributed by atoms with van der Waals surface area (Å²) >= 11 is 0. The van der Waals surface area contributed by atoms with E-state index in [0.29, 0.717) is 32.1 Å². The van der Waals surface area contributed by atoms with Gasteiger partial charge in [0.05, 0.1) is 0 Å². The highest BCUT2D eigenvalue weighted by atomic mass is 16.5. The highest BCUT2D eigenvalue weighted by Crippen LogP contribution is 2.27. The van der Waals surface area contributed by atoms with Gasteiger partial charge in [-0.25, -0.2) is 4.79 Å². The van der Waals surface area contributed by atoms with Crippen molar-refractivity contribution in [2.75, 3.05) is 19.7 Å². The van der Waals surface area contributed by atoms with E-state index in [1.54, 1.807) is 0 Å². The number of nitrogens with two attached hydrogens (primary N) is 5. The van der Waals surface area contributed by atoms with Crippen molar-refractivity contribution in [2.45, 2.75) is 114 Å². The number of aliphatic imine (C=N–C) groups is 2. The van der Waals surface area contributed by atoms with E-state index in [9.17, 15) is 33.9 Å². The fraction of sp³-hybridized carbons (Fsp3) is 0.688. The number of amides is 5. The standard InChI is InChI=1S/C32H57N11O8/c1-2-18-51-32(50)43-22(13-7-9-17-39-31(36)37)28(48)41-23(14-15-25(44)45)29(49)40-21(12-6-8-16-38-30(34)35)27(47)42-24(26(33)46)19-20-10-4-3-5-11-20/h2,20-24H,1,3-19H2,(H2,33,46)(H,40,49)(H,41,48)(H,42,47)(H,43,50)(H,44,45)(H4,34,35,38)(H4,36,37,39)/t21-,22-,23-,24-/m0/s1. The normalized spacial score (nSPS) is 15.1. The summed E-state index contributed by atoms with van der Waals surface area (Å²) in [6, 6.07) is -4.77. The van der Waals surface area contributed by atoms with Gasteiger partial charge in [-0.05, 0) is 57.3 Å². The zero-order chi connectivity index (χ0) is 38.2. The summed E-state index contributed by atoms with van der Waals surface area (Å²) in [5.74, 6) is -4.24. The second-order valence-electron chi connectivity index (χ2n) is 12.4. The van der Waals surface area contributed by atoms with Crippen molar-refractivity contribution < 1.29 is 38.6 Å². The molecule has 0 aromatic carbocycles. The van der Waals surface area contributed by atoms with Crippen LogP contribution in [0.15, 0.2) is 22.6 Å². The number of carbonyl (C=O) groups excluding carboxylic acids is 5. The van der Waals surface area contributed by atoms with Crippen LogP contribution in [0.1, 0.15) is 89.9 Å². The van der Waals surface area contributed by atoms with E-state index in [4.69, 9.17) is 33.4 Å². The molecule has 19 nitrogen and oxygen atoms in total. The molecule has 1 aliphatic rings. The molecule has 15 N–H and O–H groups in total. The number of rotatable bonds is 25. The van der Waals surface area contributed by atoms with Gasteiger partial charge in [-0.15, -0.1) is 0 Å². The number of carboxylic acid groups (broad SMARTS) is 1. The first-order valence-electron chi connectivity index (χ1n) is 17.3. The molecule has 1 saturated carbocycles. The molecule has 19 heteroatoms. The van der Waals surface area contributed by atoms with E-state index in [-0.39, 0.29) is 56.8 Å². The van der Waals surface area contributed by atoms with Gasteiger partial charge in [-0.2, -0.15) is 0 Å². The predicted octanol–water partition coefficient (Wildman–Crippen LogP) is -1.07. The number of primary amides is 1. The van der Waals surface area contributed by atoms with Crippen LogP contribution in [-0.4, -0.2) is 96.6 Å². The van der Waals surface area contributed by atoms with Crippen LogP contribution in [0.2, 0.25) is 0 Å². The lowest BCUT2D eigenvalue weighted by atomic mass is 9.84. The van der Waals surface area contributed by atoms with Crippen LogP contribution < -0.4 is 49.9 Å². The zero-order valence-electron chi connectivity index (χ0n) is 29.3. The molecule has 0 aliphatic heterocycles. The topological polar surface area (TPSA) is 335 Å². The van der Waals surface area contributed by atoms with E-state index in [1.165, 1.54) is 6.08 Å². The summed E-state index contributed by atoms with van der Waals surface area (Å²) in [5.41, 5.74) is 27.1. The van der Waals surface area contributed by atoms with E-state index in [1.807, 2.05) is 0 Å². The first-order valence-corrected chi connectivity index (χ1v) is 17.3. The van der Waals surface area contributed by atoms with Crippen LogP contribution >= 0.6 is 0 Å². The molecule has 4 atom stereocenters. The number of aliphatic carboxylic acids is 1. The lowest BCUT2D eigenvalue weighted by molar-refractivity contribution is -0.138. The largest absolute Gasteiger partial charge is 0.481 e. The Labute approximate surface area is 298 Å². The number of nitrogens with one attached hydrogen (secondary N) is 4. The van der Waals surface area contributed by atoms with Crippen molar-refractivity contribution in [2.24, 2.45) is 44.6 Å². The summed E-state index contributed by atoms with van der Waals surface area (Å²) in [4.78, 5) is 84.6. The summed E-state index contributed by atoms with van der Waals surface area (Å²) in [6.45, 7) is 3.88. The predicted molar refractivity (Wildman–Crippen MR) is 191 cm³/mol. The fourth-order valence-electron chi connectivity index (χ4n) is 5.55. The first-order chi connectivity index (χ1) is 24.2. The lowest BCUT2D eigenvalue weighted by Crippen LogP contribution is -2.58. The molecule has 1 rings (SSSR count). The van der Waals surface area contributed by atoms with Crippen molar-refractivity contribution >= 4 is 47.6 Å². The maximum atomic E-state index is 13.7. The van der Waals surface area contributed by atoms with Crippen molar-refractivity contribution in [3.63, 3.8) is 0 Å². The number of ether oxygens (including phenoxy) is 1. The molecule has 0 unspecified atom stereocenters. The van der Waals surface area contributed by atoms with Gasteiger partial charge in [0.25, 0.3) is 0 Å².